The predicted molar refractivity (Wildman–Crippen MR) is 107 cm³/mol. The number of benzene rings is 2. The minimum Gasteiger partial charge on any atom is -0.296 e. The average molecular weight is 450 g/mol. The molecule has 4 aromatic rings. The Hall–Kier alpha value is -3.24. The SMILES string of the molecule is O=C(Nc1nncs1)c1ccc(-c2cc(C(F)(F)F)nn2-c2ccccc2Cl)cc1. The van der Waals surface area contributed by atoms with Crippen molar-refractivity contribution in [2.45, 2.75) is 6.18 Å². The van der Waals surface area contributed by atoms with Gasteiger partial charge < -0.3 is 0 Å². The first-order chi connectivity index (χ1) is 14.3. The van der Waals surface area contributed by atoms with Crippen molar-refractivity contribution in [1.82, 2.24) is 20.0 Å². The zero-order valence-corrected chi connectivity index (χ0v) is 16.5. The van der Waals surface area contributed by atoms with Crippen LogP contribution in [0.2, 0.25) is 5.02 Å². The number of rotatable bonds is 4. The van der Waals surface area contributed by atoms with Crippen molar-refractivity contribution in [3.63, 3.8) is 0 Å². The molecule has 1 N–H and O–H groups in total. The van der Waals surface area contributed by atoms with Crippen LogP contribution in [0.25, 0.3) is 16.9 Å². The molecule has 152 valence electrons. The summed E-state index contributed by atoms with van der Waals surface area (Å²) in [6.07, 6.45) is -4.62. The van der Waals surface area contributed by atoms with Crippen molar-refractivity contribution in [1.29, 1.82) is 0 Å². The molecule has 0 radical (unpaired) electrons. The largest absolute Gasteiger partial charge is 0.435 e. The van der Waals surface area contributed by atoms with Gasteiger partial charge in [-0.25, -0.2) is 4.68 Å². The van der Waals surface area contributed by atoms with E-state index in [0.29, 0.717) is 21.9 Å². The van der Waals surface area contributed by atoms with E-state index >= 15 is 0 Å². The van der Waals surface area contributed by atoms with Gasteiger partial charge in [-0.05, 0) is 30.3 Å². The summed E-state index contributed by atoms with van der Waals surface area (Å²) in [5.41, 5.74) is 1.68. The topological polar surface area (TPSA) is 72.7 Å². The lowest BCUT2D eigenvalue weighted by molar-refractivity contribution is -0.141. The average Bonchev–Trinajstić information content (AvgIpc) is 3.38. The van der Waals surface area contributed by atoms with E-state index in [1.54, 1.807) is 36.4 Å². The number of hydrogen-bond acceptors (Lipinski definition) is 5. The molecule has 0 bridgehead atoms. The van der Waals surface area contributed by atoms with Crippen LogP contribution >= 0.6 is 22.9 Å². The van der Waals surface area contributed by atoms with E-state index in [1.165, 1.54) is 29.0 Å². The second-order valence-corrected chi connectivity index (χ2v) is 7.29. The molecule has 1 amide bonds. The summed E-state index contributed by atoms with van der Waals surface area (Å²) in [5.74, 6) is -0.408. The van der Waals surface area contributed by atoms with Gasteiger partial charge in [0.1, 0.15) is 5.51 Å². The van der Waals surface area contributed by atoms with Gasteiger partial charge in [0.15, 0.2) is 5.69 Å². The lowest BCUT2D eigenvalue weighted by atomic mass is 10.1. The molecule has 0 saturated carbocycles. The maximum atomic E-state index is 13.3. The van der Waals surface area contributed by atoms with Gasteiger partial charge in [-0.2, -0.15) is 18.3 Å². The fourth-order valence-electron chi connectivity index (χ4n) is 2.72. The number of nitrogens with one attached hydrogen (secondary N) is 1. The maximum Gasteiger partial charge on any atom is 0.435 e. The molecule has 2 heterocycles. The number of amides is 1. The minimum atomic E-state index is -4.62. The Bertz CT molecular complexity index is 1190. The highest BCUT2D eigenvalue weighted by Gasteiger charge is 2.35. The van der Waals surface area contributed by atoms with Gasteiger partial charge in [0.2, 0.25) is 5.13 Å². The van der Waals surface area contributed by atoms with Crippen LogP contribution in [0.3, 0.4) is 0 Å². The van der Waals surface area contributed by atoms with E-state index in [9.17, 15) is 18.0 Å². The molecule has 0 spiro atoms. The molecule has 0 atom stereocenters. The fraction of sp³-hybridized carbons (Fsp3) is 0.0526. The van der Waals surface area contributed by atoms with E-state index < -0.39 is 17.8 Å². The van der Waals surface area contributed by atoms with Gasteiger partial charge in [0, 0.05) is 11.1 Å². The second kappa shape index (κ2) is 7.88. The summed E-state index contributed by atoms with van der Waals surface area (Å²) in [6.45, 7) is 0. The quantitative estimate of drug-likeness (QED) is 0.458. The Kier molecular flexibility index (Phi) is 5.27. The van der Waals surface area contributed by atoms with Gasteiger partial charge in [-0.3, -0.25) is 10.1 Å². The zero-order chi connectivity index (χ0) is 21.3. The van der Waals surface area contributed by atoms with Crippen LogP contribution in [0.15, 0.2) is 60.1 Å². The van der Waals surface area contributed by atoms with Gasteiger partial charge in [0.05, 0.1) is 16.4 Å². The summed E-state index contributed by atoms with van der Waals surface area (Å²) >= 11 is 7.34. The summed E-state index contributed by atoms with van der Waals surface area (Å²) in [4.78, 5) is 12.3. The summed E-state index contributed by atoms with van der Waals surface area (Å²) < 4.78 is 41.0. The van der Waals surface area contributed by atoms with Crippen molar-refractivity contribution in [2.24, 2.45) is 0 Å². The minimum absolute atomic E-state index is 0.187. The van der Waals surface area contributed by atoms with E-state index in [2.05, 4.69) is 20.6 Å². The first-order valence-corrected chi connectivity index (χ1v) is 9.69. The molecule has 2 aromatic heterocycles. The number of para-hydroxylation sites is 1. The summed E-state index contributed by atoms with van der Waals surface area (Å²) in [6, 6.07) is 13.5. The Morgan fingerprint density at radius 1 is 1.10 bits per heavy atom. The van der Waals surface area contributed by atoms with Gasteiger partial charge in [-0.15, -0.1) is 10.2 Å². The summed E-state index contributed by atoms with van der Waals surface area (Å²) in [5, 5.41) is 14.3. The van der Waals surface area contributed by atoms with Crippen LogP contribution in [-0.2, 0) is 6.18 Å². The molecule has 0 aliphatic rings. The number of carbonyl (C=O) groups is 1. The monoisotopic (exact) mass is 449 g/mol. The van der Waals surface area contributed by atoms with E-state index in [0.717, 1.165) is 10.7 Å². The highest BCUT2D eigenvalue weighted by atomic mass is 35.5. The van der Waals surface area contributed by atoms with Crippen molar-refractivity contribution >= 4 is 34.0 Å². The third-order valence-electron chi connectivity index (χ3n) is 4.10. The van der Waals surface area contributed by atoms with Gasteiger partial charge in [0.25, 0.3) is 5.91 Å². The maximum absolute atomic E-state index is 13.3. The highest BCUT2D eigenvalue weighted by molar-refractivity contribution is 7.13. The van der Waals surface area contributed by atoms with Crippen molar-refractivity contribution in [3.05, 3.63) is 76.4 Å². The normalized spacial score (nSPS) is 11.5. The van der Waals surface area contributed by atoms with Crippen LogP contribution < -0.4 is 5.32 Å². The molecule has 0 unspecified atom stereocenters. The molecule has 0 saturated heterocycles. The molecule has 2 aromatic carbocycles. The van der Waals surface area contributed by atoms with Crippen molar-refractivity contribution in [3.8, 4) is 16.9 Å². The summed E-state index contributed by atoms with van der Waals surface area (Å²) in [7, 11) is 0. The van der Waals surface area contributed by atoms with E-state index in [-0.39, 0.29) is 10.7 Å². The molecule has 30 heavy (non-hydrogen) atoms. The van der Waals surface area contributed by atoms with E-state index in [4.69, 9.17) is 11.6 Å². The van der Waals surface area contributed by atoms with Crippen LogP contribution in [0.5, 0.6) is 0 Å². The molecule has 0 aliphatic heterocycles. The second-order valence-electron chi connectivity index (χ2n) is 6.05. The zero-order valence-electron chi connectivity index (χ0n) is 14.9. The smallest absolute Gasteiger partial charge is 0.296 e. The number of nitrogens with zero attached hydrogens (tertiary/aromatic N) is 4. The van der Waals surface area contributed by atoms with Crippen LogP contribution in [0.1, 0.15) is 16.1 Å². The molecule has 11 heteroatoms. The molecular weight excluding hydrogens is 439 g/mol. The number of anilines is 1. The lowest BCUT2D eigenvalue weighted by Crippen LogP contribution is -2.11. The van der Waals surface area contributed by atoms with Crippen LogP contribution in [0.4, 0.5) is 18.3 Å². The Labute approximate surface area is 176 Å². The molecule has 6 nitrogen and oxygen atoms in total. The van der Waals surface area contributed by atoms with Crippen LogP contribution in [-0.4, -0.2) is 25.9 Å². The Balaban J connectivity index is 1.72. The number of carbonyl (C=O) groups excluding carboxylic acids is 1. The number of halogens is 4. The number of hydrogen-bond donors (Lipinski definition) is 1. The Morgan fingerprint density at radius 3 is 2.47 bits per heavy atom. The highest BCUT2D eigenvalue weighted by Crippen LogP contribution is 2.34. The predicted octanol–water partition coefficient (Wildman–Crippen LogP) is 5.32. The molecule has 4 rings (SSSR count). The lowest BCUT2D eigenvalue weighted by Gasteiger charge is -2.10. The van der Waals surface area contributed by atoms with Gasteiger partial charge in [-0.1, -0.05) is 47.2 Å². The number of aromatic nitrogens is 4. The number of alkyl halides is 3. The third-order valence-corrected chi connectivity index (χ3v) is 5.03. The Morgan fingerprint density at radius 2 is 1.83 bits per heavy atom. The third kappa shape index (κ3) is 4.05. The van der Waals surface area contributed by atoms with Crippen molar-refractivity contribution < 1.29 is 18.0 Å². The molecular formula is C19H11ClF3N5OS. The van der Waals surface area contributed by atoms with Crippen LogP contribution in [0, 0.1) is 0 Å². The standard InChI is InChI=1S/C19H11ClF3N5OS/c20-13-3-1-2-4-14(13)28-15(9-16(27-28)19(21,22)23)11-5-7-12(8-6-11)17(29)25-18-26-24-10-30-18/h1-10H,(H,25,26,29). The first-order valence-electron chi connectivity index (χ1n) is 8.43. The molecule has 0 aliphatic carbocycles. The molecule has 0 fully saturated rings. The first kappa shape index (κ1) is 20.0. The fourth-order valence-corrected chi connectivity index (χ4v) is 3.38. The van der Waals surface area contributed by atoms with Gasteiger partial charge >= 0.3 is 6.18 Å². The van der Waals surface area contributed by atoms with Crippen molar-refractivity contribution in [2.75, 3.05) is 5.32 Å². The van der Waals surface area contributed by atoms with E-state index in [1.807, 2.05) is 0 Å².